The quantitative estimate of drug-likeness (QED) is 0.0447. The first kappa shape index (κ1) is 65.4. The Morgan fingerprint density at radius 3 is 0.721 bits per heavy atom. The van der Waals surface area contributed by atoms with Gasteiger partial charge < -0.3 is 29.6 Å². The van der Waals surface area contributed by atoms with E-state index in [-0.39, 0.29) is 50.6 Å². The van der Waals surface area contributed by atoms with Crippen molar-refractivity contribution in [2.24, 2.45) is 0 Å². The van der Waals surface area contributed by atoms with Crippen molar-refractivity contribution < 1.29 is 19.8 Å². The molecule has 0 aliphatic heterocycles. The number of carbonyl (C=O) groups is 2. The van der Waals surface area contributed by atoms with Crippen molar-refractivity contribution >= 4 is 49.7 Å². The maximum absolute atomic E-state index is 10.6. The summed E-state index contributed by atoms with van der Waals surface area (Å²) >= 11 is 0. The van der Waals surface area contributed by atoms with E-state index in [0.29, 0.717) is 12.1 Å². The average Bonchev–Trinajstić information content (AvgIpc) is 3.23. The zero-order chi connectivity index (χ0) is 44.6. The van der Waals surface area contributed by atoms with E-state index in [1.165, 1.54) is 232 Å². The molecule has 6 nitrogen and oxygen atoms in total. The molecule has 0 aromatic carbocycles. The van der Waals surface area contributed by atoms with Crippen LogP contribution in [0.2, 0.25) is 0 Å². The molecule has 0 bridgehead atoms. The second-order valence-corrected chi connectivity index (χ2v) is 18.9. The molecule has 360 valence electrons. The zero-order valence-corrected chi connectivity index (χ0v) is 44.7. The number of carboxylic acid groups (broad SMARTS) is 2. The van der Waals surface area contributed by atoms with Crippen molar-refractivity contribution in [3.8, 4) is 0 Å². The number of unbranched alkanes of at least 4 members (excludes halogenated alkanes) is 30. The first-order valence-electron chi connectivity index (χ1n) is 27.1. The molecule has 0 aromatic heterocycles. The molecule has 0 aliphatic rings. The first-order valence-corrected chi connectivity index (χ1v) is 27.1. The fourth-order valence-electron chi connectivity index (χ4n) is 8.68. The number of hydrogen-bond donors (Lipinski definition) is 0. The molecule has 0 fully saturated rings. The monoisotopic (exact) mass is 889 g/mol. The molecule has 2 atom stereocenters. The predicted octanol–water partition coefficient (Wildman–Crippen LogP) is 14.2. The summed E-state index contributed by atoms with van der Waals surface area (Å²) in [5, 5.41) is 21.3. The van der Waals surface area contributed by atoms with Gasteiger partial charge >= 0.3 is 37.7 Å². The smallest absolute Gasteiger partial charge is 0.550 e. The standard InChI is InChI=1S/2C27H55NO2.Ca/c2*1-4-6-8-10-12-14-16-20-24-28(26(3)22-18-19-23-27(29)30)25-21-17-15-13-11-9-7-5-2;/h2*26H,4-25H2,1-3H3,(H,29,30);/q;;+2/p-2. The van der Waals surface area contributed by atoms with Gasteiger partial charge in [0.1, 0.15) is 0 Å². The van der Waals surface area contributed by atoms with Gasteiger partial charge in [0.05, 0.1) is 0 Å². The summed E-state index contributed by atoms with van der Waals surface area (Å²) in [5.41, 5.74) is 0. The van der Waals surface area contributed by atoms with Crippen LogP contribution in [0.3, 0.4) is 0 Å². The molecule has 61 heavy (non-hydrogen) atoms. The van der Waals surface area contributed by atoms with Crippen LogP contribution < -0.4 is 10.2 Å². The van der Waals surface area contributed by atoms with Gasteiger partial charge in [-0.1, -0.05) is 220 Å². The molecule has 2 unspecified atom stereocenters. The molecule has 0 heterocycles. The molecule has 0 saturated heterocycles. The van der Waals surface area contributed by atoms with Gasteiger partial charge in [0.25, 0.3) is 0 Å². The van der Waals surface area contributed by atoms with Gasteiger partial charge in [-0.25, -0.2) is 0 Å². The van der Waals surface area contributed by atoms with E-state index < -0.39 is 11.9 Å². The van der Waals surface area contributed by atoms with Crippen LogP contribution in [-0.2, 0) is 9.59 Å². The van der Waals surface area contributed by atoms with Crippen molar-refractivity contribution in [3.05, 3.63) is 0 Å². The third-order valence-electron chi connectivity index (χ3n) is 12.9. The van der Waals surface area contributed by atoms with Crippen molar-refractivity contribution in [2.75, 3.05) is 26.2 Å². The summed E-state index contributed by atoms with van der Waals surface area (Å²) in [4.78, 5) is 26.6. The van der Waals surface area contributed by atoms with Crippen molar-refractivity contribution in [2.45, 2.75) is 310 Å². The van der Waals surface area contributed by atoms with Gasteiger partial charge in [0.2, 0.25) is 0 Å². The van der Waals surface area contributed by atoms with Crippen molar-refractivity contribution in [3.63, 3.8) is 0 Å². The third-order valence-corrected chi connectivity index (χ3v) is 12.9. The maximum Gasteiger partial charge on any atom is 2.00 e. The van der Waals surface area contributed by atoms with E-state index in [2.05, 4.69) is 51.3 Å². The largest absolute Gasteiger partial charge is 2.00 e. The number of hydrogen-bond acceptors (Lipinski definition) is 6. The molecular weight excluding hydrogens is 781 g/mol. The second-order valence-electron chi connectivity index (χ2n) is 18.9. The summed E-state index contributed by atoms with van der Waals surface area (Å²) in [6, 6.07) is 1.14. The summed E-state index contributed by atoms with van der Waals surface area (Å²) in [7, 11) is 0. The topological polar surface area (TPSA) is 86.7 Å². The summed E-state index contributed by atoms with van der Waals surface area (Å²) in [6.07, 6.45) is 50.1. The summed E-state index contributed by atoms with van der Waals surface area (Å²) < 4.78 is 0. The number of aliphatic carboxylic acids is 2. The minimum absolute atomic E-state index is 0. The Bertz CT molecular complexity index is 753. The molecule has 0 rings (SSSR count). The van der Waals surface area contributed by atoms with Crippen LogP contribution in [0.25, 0.3) is 0 Å². The SMILES string of the molecule is CCCCCCCCCCN(CCCCCCCCCC)C(C)CCCCC(=O)[O-].CCCCCCCCCCN(CCCCCCCCCC)C(C)CCCCC(=O)[O-].[Ca+2]. The molecule has 0 aromatic rings. The summed E-state index contributed by atoms with van der Waals surface area (Å²) in [5.74, 6) is -1.81. The van der Waals surface area contributed by atoms with Crippen molar-refractivity contribution in [1.82, 2.24) is 9.80 Å². The molecule has 0 saturated carbocycles. The minimum Gasteiger partial charge on any atom is -0.550 e. The first-order chi connectivity index (χ1) is 29.2. The Morgan fingerprint density at radius 1 is 0.328 bits per heavy atom. The Hall–Kier alpha value is 0.120. The normalized spacial score (nSPS) is 12.3. The maximum atomic E-state index is 10.6. The van der Waals surface area contributed by atoms with E-state index in [4.69, 9.17) is 0 Å². The Kier molecular flexibility index (Phi) is 58.4. The Labute approximate surface area is 413 Å². The van der Waals surface area contributed by atoms with E-state index in [1.54, 1.807) is 0 Å². The zero-order valence-electron chi connectivity index (χ0n) is 42.5. The van der Waals surface area contributed by atoms with Crippen LogP contribution in [0.5, 0.6) is 0 Å². The predicted molar refractivity (Wildman–Crippen MR) is 265 cm³/mol. The van der Waals surface area contributed by atoms with Crippen LogP contribution in [-0.4, -0.2) is 97.7 Å². The van der Waals surface area contributed by atoms with Gasteiger partial charge in [-0.15, -0.1) is 0 Å². The molecule has 7 heteroatoms. The van der Waals surface area contributed by atoms with Gasteiger partial charge in [-0.05, 0) is 104 Å². The van der Waals surface area contributed by atoms with Gasteiger partial charge in [0.15, 0.2) is 0 Å². The van der Waals surface area contributed by atoms with E-state index >= 15 is 0 Å². The molecule has 0 spiro atoms. The van der Waals surface area contributed by atoms with Crippen LogP contribution in [0.1, 0.15) is 298 Å². The number of carboxylic acids is 2. The number of carbonyl (C=O) groups excluding carboxylic acids is 2. The minimum atomic E-state index is -0.905. The third kappa shape index (κ3) is 52.6. The Morgan fingerprint density at radius 2 is 0.525 bits per heavy atom. The van der Waals surface area contributed by atoms with Gasteiger partial charge in [0, 0.05) is 24.0 Å². The summed E-state index contributed by atoms with van der Waals surface area (Å²) in [6.45, 7) is 18.7. The van der Waals surface area contributed by atoms with Crippen LogP contribution in [0, 0.1) is 0 Å². The van der Waals surface area contributed by atoms with Gasteiger partial charge in [-0.3, -0.25) is 0 Å². The second kappa shape index (κ2) is 54.5. The van der Waals surface area contributed by atoms with Crippen LogP contribution in [0.15, 0.2) is 0 Å². The molecule has 0 aliphatic carbocycles. The molecule has 0 radical (unpaired) electrons. The molecule has 0 N–H and O–H groups in total. The number of rotatable bonds is 48. The average molecular weight is 890 g/mol. The van der Waals surface area contributed by atoms with Crippen LogP contribution >= 0.6 is 0 Å². The van der Waals surface area contributed by atoms with E-state index in [0.717, 1.165) is 38.5 Å². The molecule has 0 amide bonds. The van der Waals surface area contributed by atoms with Crippen molar-refractivity contribution in [1.29, 1.82) is 0 Å². The van der Waals surface area contributed by atoms with E-state index in [1.807, 2.05) is 0 Å². The fraction of sp³-hybridized carbons (Fsp3) is 0.963. The van der Waals surface area contributed by atoms with Gasteiger partial charge in [-0.2, -0.15) is 0 Å². The fourth-order valence-corrected chi connectivity index (χ4v) is 8.68. The number of nitrogens with zero attached hydrogens (tertiary/aromatic N) is 2. The van der Waals surface area contributed by atoms with Crippen LogP contribution in [0.4, 0.5) is 0 Å². The Balaban J connectivity index is -0.00000109. The van der Waals surface area contributed by atoms with E-state index in [9.17, 15) is 19.8 Å². The molecular formula is C54H108CaN2O4.